The zero-order chi connectivity index (χ0) is 14.6. The number of aromatic nitrogens is 1. The Kier molecular flexibility index (Phi) is 5.21. The molecule has 0 atom stereocenters. The number of sulfonamides is 1. The first-order valence-electron chi connectivity index (χ1n) is 5.50. The summed E-state index contributed by atoms with van der Waals surface area (Å²) >= 11 is 0.896. The van der Waals surface area contributed by atoms with Gasteiger partial charge in [-0.3, -0.25) is 0 Å². The van der Waals surface area contributed by atoms with E-state index in [0.29, 0.717) is 0 Å². The highest BCUT2D eigenvalue weighted by Crippen LogP contribution is 2.26. The van der Waals surface area contributed by atoms with Gasteiger partial charge in [-0.1, -0.05) is 6.08 Å². The molecule has 0 amide bonds. The van der Waals surface area contributed by atoms with Gasteiger partial charge in [-0.15, -0.1) is 17.9 Å². The van der Waals surface area contributed by atoms with Crippen LogP contribution >= 0.6 is 11.3 Å². The Morgan fingerprint density at radius 3 is 2.74 bits per heavy atom. The van der Waals surface area contributed by atoms with Crippen LogP contribution in [0.1, 0.15) is 24.3 Å². The number of methoxy groups -OCH3 is 1. The first-order valence-corrected chi connectivity index (χ1v) is 7.82. The van der Waals surface area contributed by atoms with E-state index in [2.05, 4.69) is 16.3 Å². The highest BCUT2D eigenvalue weighted by molar-refractivity contribution is 7.91. The number of carbonyl (C=O) groups is 1. The van der Waals surface area contributed by atoms with Gasteiger partial charge in [0.25, 0.3) is 10.0 Å². The number of hydrogen-bond acceptors (Lipinski definition) is 6. The third-order valence-corrected chi connectivity index (χ3v) is 5.73. The molecule has 0 bridgehead atoms. The van der Waals surface area contributed by atoms with Crippen molar-refractivity contribution in [2.75, 3.05) is 13.7 Å². The predicted molar refractivity (Wildman–Crippen MR) is 72.7 cm³/mol. The van der Waals surface area contributed by atoms with E-state index in [4.69, 9.17) is 0 Å². The average Bonchev–Trinajstić information content (AvgIpc) is 2.84. The molecule has 0 N–H and O–H groups in total. The highest BCUT2D eigenvalue weighted by Gasteiger charge is 2.32. The van der Waals surface area contributed by atoms with Crippen molar-refractivity contribution in [1.29, 1.82) is 0 Å². The molecular weight excluding hydrogens is 288 g/mol. The molecular formula is C11H16N2O4S2. The molecule has 6 nitrogen and oxygen atoms in total. The summed E-state index contributed by atoms with van der Waals surface area (Å²) < 4.78 is 30.7. The van der Waals surface area contributed by atoms with Gasteiger partial charge in [0.15, 0.2) is 9.90 Å². The van der Waals surface area contributed by atoms with E-state index in [1.165, 1.54) is 23.0 Å². The molecule has 0 aromatic carbocycles. The smallest absolute Gasteiger partial charge is 0.358 e. The molecule has 19 heavy (non-hydrogen) atoms. The summed E-state index contributed by atoms with van der Waals surface area (Å²) in [5.74, 6) is -0.762. The van der Waals surface area contributed by atoms with Crippen molar-refractivity contribution in [2.45, 2.75) is 24.1 Å². The van der Waals surface area contributed by atoms with E-state index in [1.54, 1.807) is 13.8 Å². The molecule has 0 saturated carbocycles. The Morgan fingerprint density at radius 1 is 1.63 bits per heavy atom. The predicted octanol–water partition coefficient (Wildman–Crippen LogP) is 1.51. The molecule has 1 heterocycles. The van der Waals surface area contributed by atoms with Crippen LogP contribution in [0.2, 0.25) is 0 Å². The summed E-state index contributed by atoms with van der Waals surface area (Å²) in [5, 5.41) is 0. The van der Waals surface area contributed by atoms with Crippen LogP contribution in [0.4, 0.5) is 0 Å². The molecule has 0 unspecified atom stereocenters. The molecule has 0 aliphatic carbocycles. The van der Waals surface area contributed by atoms with Gasteiger partial charge >= 0.3 is 5.97 Å². The third kappa shape index (κ3) is 3.20. The van der Waals surface area contributed by atoms with E-state index < -0.39 is 16.0 Å². The van der Waals surface area contributed by atoms with Gasteiger partial charge in [-0.05, 0) is 13.8 Å². The van der Waals surface area contributed by atoms with E-state index >= 15 is 0 Å². The van der Waals surface area contributed by atoms with Crippen molar-refractivity contribution < 1.29 is 17.9 Å². The number of carbonyl (C=O) groups excluding carboxylic acids is 1. The van der Waals surface area contributed by atoms with Crippen LogP contribution in [0.3, 0.4) is 0 Å². The van der Waals surface area contributed by atoms with E-state index in [-0.39, 0.29) is 22.5 Å². The molecule has 1 rings (SSSR count). The van der Waals surface area contributed by atoms with Crippen molar-refractivity contribution in [3.8, 4) is 0 Å². The molecule has 0 fully saturated rings. The van der Waals surface area contributed by atoms with E-state index in [9.17, 15) is 13.2 Å². The van der Waals surface area contributed by atoms with Crippen LogP contribution in [0.25, 0.3) is 0 Å². The molecule has 1 aromatic rings. The fraction of sp³-hybridized carbons (Fsp3) is 0.455. The van der Waals surface area contributed by atoms with Crippen molar-refractivity contribution in [3.63, 3.8) is 0 Å². The second-order valence-electron chi connectivity index (χ2n) is 3.94. The monoisotopic (exact) mass is 304 g/mol. The normalized spacial score (nSPS) is 11.8. The average molecular weight is 304 g/mol. The molecule has 0 spiro atoms. The third-order valence-electron chi connectivity index (χ3n) is 2.34. The minimum Gasteiger partial charge on any atom is -0.464 e. The van der Waals surface area contributed by atoms with Crippen molar-refractivity contribution in [1.82, 2.24) is 9.29 Å². The van der Waals surface area contributed by atoms with E-state index in [1.807, 2.05) is 0 Å². The van der Waals surface area contributed by atoms with Crippen molar-refractivity contribution in [3.05, 3.63) is 23.9 Å². The topological polar surface area (TPSA) is 76.6 Å². The lowest BCUT2D eigenvalue weighted by Crippen LogP contribution is -2.37. The van der Waals surface area contributed by atoms with Crippen LogP contribution in [-0.2, 0) is 14.8 Å². The van der Waals surface area contributed by atoms with Gasteiger partial charge < -0.3 is 4.74 Å². The van der Waals surface area contributed by atoms with Gasteiger partial charge in [0.1, 0.15) is 0 Å². The molecule has 1 aromatic heterocycles. The highest BCUT2D eigenvalue weighted by atomic mass is 32.2. The maximum Gasteiger partial charge on any atom is 0.358 e. The molecule has 8 heteroatoms. The van der Waals surface area contributed by atoms with E-state index in [0.717, 1.165) is 11.3 Å². The summed E-state index contributed by atoms with van der Waals surface area (Å²) in [6.45, 7) is 7.21. The summed E-state index contributed by atoms with van der Waals surface area (Å²) in [6.07, 6.45) is 1.50. The number of esters is 1. The molecule has 0 saturated heterocycles. The minimum atomic E-state index is -3.79. The van der Waals surface area contributed by atoms with Gasteiger partial charge in [0, 0.05) is 12.6 Å². The van der Waals surface area contributed by atoms with Crippen molar-refractivity contribution in [2.24, 2.45) is 0 Å². The Labute approximate surface area is 116 Å². The Hall–Kier alpha value is -1.25. The molecule has 0 aliphatic rings. The summed E-state index contributed by atoms with van der Waals surface area (Å²) in [7, 11) is -2.61. The number of nitrogens with zero attached hydrogens (tertiary/aromatic N) is 2. The lowest BCUT2D eigenvalue weighted by Gasteiger charge is -2.23. The van der Waals surface area contributed by atoms with Crippen molar-refractivity contribution >= 4 is 27.3 Å². The standard InChI is InChI=1S/C11H16N2O4S2/c1-5-6-13(8(2)3)19(15,16)11-9(10(14)17-4)12-7-18-11/h5,7-8H,1,6H2,2-4H3. The SMILES string of the molecule is C=CCN(C(C)C)S(=O)(=O)c1scnc1C(=O)OC. The lowest BCUT2D eigenvalue weighted by molar-refractivity contribution is 0.0590. The Morgan fingerprint density at radius 2 is 2.26 bits per heavy atom. The maximum atomic E-state index is 12.5. The fourth-order valence-corrected chi connectivity index (χ4v) is 4.33. The molecule has 0 radical (unpaired) electrons. The minimum absolute atomic E-state index is 0.102. The second-order valence-corrected chi connectivity index (χ2v) is 6.88. The van der Waals surface area contributed by atoms with Crippen LogP contribution in [0.15, 0.2) is 22.4 Å². The van der Waals surface area contributed by atoms with Crippen LogP contribution in [0, 0.1) is 0 Å². The largest absolute Gasteiger partial charge is 0.464 e. The Balaban J connectivity index is 3.30. The summed E-state index contributed by atoms with van der Waals surface area (Å²) in [6, 6.07) is -0.254. The van der Waals surface area contributed by atoms with Crippen LogP contribution in [0.5, 0.6) is 0 Å². The Bertz CT molecular complexity index is 563. The first-order chi connectivity index (χ1) is 8.86. The first kappa shape index (κ1) is 15.8. The quantitative estimate of drug-likeness (QED) is 0.588. The van der Waals surface area contributed by atoms with Gasteiger partial charge in [-0.25, -0.2) is 18.2 Å². The molecule has 106 valence electrons. The fourth-order valence-electron chi connectivity index (χ4n) is 1.47. The maximum absolute atomic E-state index is 12.5. The zero-order valence-corrected chi connectivity index (χ0v) is 12.6. The summed E-state index contributed by atoms with van der Waals surface area (Å²) in [4.78, 5) is 15.3. The summed E-state index contributed by atoms with van der Waals surface area (Å²) in [5.41, 5.74) is 1.13. The number of hydrogen-bond donors (Lipinski definition) is 0. The lowest BCUT2D eigenvalue weighted by atomic mass is 10.4. The van der Waals surface area contributed by atoms with Crippen LogP contribution in [-0.4, -0.2) is 43.4 Å². The number of ether oxygens (including phenoxy) is 1. The number of rotatable bonds is 6. The van der Waals surface area contributed by atoms with Gasteiger partial charge in [-0.2, -0.15) is 4.31 Å². The zero-order valence-electron chi connectivity index (χ0n) is 11.0. The molecule has 0 aliphatic heterocycles. The van der Waals surface area contributed by atoms with Gasteiger partial charge in [0.2, 0.25) is 0 Å². The van der Waals surface area contributed by atoms with Crippen LogP contribution < -0.4 is 0 Å². The second kappa shape index (κ2) is 6.27. The number of thiazole rings is 1. The van der Waals surface area contributed by atoms with Gasteiger partial charge in [0.05, 0.1) is 12.6 Å².